The van der Waals surface area contributed by atoms with E-state index in [1.807, 2.05) is 0 Å². The Labute approximate surface area is 242 Å². The van der Waals surface area contributed by atoms with Gasteiger partial charge in [-0.1, -0.05) is 61.9 Å². The number of nitrogens with zero attached hydrogens (tertiary/aromatic N) is 2. The Kier molecular flexibility index (Phi) is 8.98. The SMILES string of the molecule is CCCCN(CC(=O)c1c(-c2ccccc2)[nH]n(-c2ccccc2C)c1=O)C(=O)c1cc(C(F)(F)F)cc(C(F)(F)F)c1. The number of aromatic nitrogens is 2. The van der Waals surface area contributed by atoms with Crippen molar-refractivity contribution in [1.29, 1.82) is 0 Å². The number of H-pyrrole nitrogens is 1. The van der Waals surface area contributed by atoms with Crippen molar-refractivity contribution >= 4 is 11.7 Å². The smallest absolute Gasteiger partial charge is 0.331 e. The lowest BCUT2D eigenvalue weighted by Crippen LogP contribution is -2.38. The van der Waals surface area contributed by atoms with Gasteiger partial charge in [0.1, 0.15) is 5.56 Å². The summed E-state index contributed by atoms with van der Waals surface area (Å²) in [5.74, 6) is -2.03. The highest BCUT2D eigenvalue weighted by atomic mass is 19.4. The number of rotatable bonds is 9. The maximum Gasteiger partial charge on any atom is 0.416 e. The number of alkyl halides is 6. The van der Waals surface area contributed by atoms with Crippen LogP contribution in [0.2, 0.25) is 0 Å². The van der Waals surface area contributed by atoms with E-state index in [4.69, 9.17) is 0 Å². The molecule has 43 heavy (non-hydrogen) atoms. The van der Waals surface area contributed by atoms with Crippen LogP contribution in [0.4, 0.5) is 26.3 Å². The maximum atomic E-state index is 13.8. The molecule has 0 aliphatic carbocycles. The Morgan fingerprint density at radius 2 is 1.44 bits per heavy atom. The Hall–Kier alpha value is -4.61. The van der Waals surface area contributed by atoms with Crippen LogP contribution in [-0.4, -0.2) is 39.5 Å². The molecule has 0 atom stereocenters. The summed E-state index contributed by atoms with van der Waals surface area (Å²) in [5, 5.41) is 2.96. The maximum absolute atomic E-state index is 13.8. The number of carbonyl (C=O) groups is 2. The third-order valence-corrected chi connectivity index (χ3v) is 6.83. The van der Waals surface area contributed by atoms with Crippen molar-refractivity contribution in [1.82, 2.24) is 14.7 Å². The van der Waals surface area contributed by atoms with Crippen molar-refractivity contribution in [2.24, 2.45) is 0 Å². The van der Waals surface area contributed by atoms with Gasteiger partial charge in [-0.15, -0.1) is 0 Å². The molecule has 226 valence electrons. The summed E-state index contributed by atoms with van der Waals surface area (Å²) in [6.07, 6.45) is -9.50. The third-order valence-electron chi connectivity index (χ3n) is 6.83. The summed E-state index contributed by atoms with van der Waals surface area (Å²) in [6.45, 7) is 2.63. The number of ketones is 1. The Morgan fingerprint density at radius 1 is 0.860 bits per heavy atom. The minimum absolute atomic E-state index is 0.0711. The number of aromatic amines is 1. The number of aryl methyl sites for hydroxylation is 1. The third kappa shape index (κ3) is 6.90. The molecule has 0 spiro atoms. The van der Waals surface area contributed by atoms with Gasteiger partial charge in [-0.05, 0) is 43.2 Å². The topological polar surface area (TPSA) is 75.2 Å². The molecule has 0 aliphatic heterocycles. The molecule has 0 radical (unpaired) electrons. The molecule has 1 N–H and O–H groups in total. The number of para-hydroxylation sites is 1. The highest BCUT2D eigenvalue weighted by Crippen LogP contribution is 2.36. The molecule has 0 bridgehead atoms. The quantitative estimate of drug-likeness (QED) is 0.161. The largest absolute Gasteiger partial charge is 0.416 e. The van der Waals surface area contributed by atoms with Gasteiger partial charge in [-0.25, -0.2) is 4.68 Å². The van der Waals surface area contributed by atoms with Gasteiger partial charge in [0, 0.05) is 17.7 Å². The molecule has 1 amide bonds. The van der Waals surface area contributed by atoms with E-state index in [-0.39, 0.29) is 23.9 Å². The summed E-state index contributed by atoms with van der Waals surface area (Å²) < 4.78 is 82.0. The second-order valence-corrected chi connectivity index (χ2v) is 9.95. The molecule has 0 aliphatic rings. The number of Topliss-reactive ketones (excluding diaryl/α,β-unsaturated/α-hetero) is 1. The van der Waals surface area contributed by atoms with Crippen molar-refractivity contribution in [3.63, 3.8) is 0 Å². The first-order valence-corrected chi connectivity index (χ1v) is 13.3. The number of benzene rings is 3. The zero-order valence-corrected chi connectivity index (χ0v) is 23.1. The van der Waals surface area contributed by atoms with E-state index >= 15 is 0 Å². The van der Waals surface area contributed by atoms with Crippen LogP contribution < -0.4 is 5.56 Å². The fourth-order valence-corrected chi connectivity index (χ4v) is 4.61. The van der Waals surface area contributed by atoms with Gasteiger partial charge < -0.3 is 4.90 Å². The van der Waals surface area contributed by atoms with Crippen LogP contribution in [0.5, 0.6) is 0 Å². The molecule has 1 aromatic heterocycles. The summed E-state index contributed by atoms with van der Waals surface area (Å²) in [6, 6.07) is 15.9. The molecule has 4 aromatic rings. The van der Waals surface area contributed by atoms with Gasteiger partial charge >= 0.3 is 12.4 Å². The fraction of sp³-hybridized carbons (Fsp3) is 0.258. The van der Waals surface area contributed by atoms with Gasteiger partial charge in [0.2, 0.25) is 0 Å². The minimum atomic E-state index is -5.16. The molecule has 6 nitrogen and oxygen atoms in total. The van der Waals surface area contributed by atoms with E-state index in [1.165, 1.54) is 4.68 Å². The monoisotopic (exact) mass is 603 g/mol. The number of hydrogen-bond acceptors (Lipinski definition) is 3. The average molecular weight is 604 g/mol. The Balaban J connectivity index is 1.80. The molecule has 0 saturated carbocycles. The summed E-state index contributed by atoms with van der Waals surface area (Å²) in [5.41, 5.74) is -3.38. The van der Waals surface area contributed by atoms with Gasteiger partial charge in [-0.2, -0.15) is 26.3 Å². The number of nitrogens with one attached hydrogen (secondary N) is 1. The van der Waals surface area contributed by atoms with Crippen LogP contribution in [0.3, 0.4) is 0 Å². The predicted molar refractivity (Wildman–Crippen MR) is 148 cm³/mol. The highest BCUT2D eigenvalue weighted by molar-refractivity contribution is 6.05. The van der Waals surface area contributed by atoms with Gasteiger partial charge in [0.05, 0.1) is 29.1 Å². The van der Waals surface area contributed by atoms with E-state index in [0.29, 0.717) is 41.8 Å². The Morgan fingerprint density at radius 3 is 2.00 bits per heavy atom. The van der Waals surface area contributed by atoms with E-state index < -0.39 is 52.8 Å². The molecule has 3 aromatic carbocycles. The molecule has 0 unspecified atom stereocenters. The second kappa shape index (κ2) is 12.3. The lowest BCUT2D eigenvalue weighted by atomic mass is 10.0. The number of hydrogen-bond donors (Lipinski definition) is 1. The van der Waals surface area contributed by atoms with Crippen molar-refractivity contribution < 1.29 is 35.9 Å². The van der Waals surface area contributed by atoms with E-state index in [2.05, 4.69) is 5.10 Å². The van der Waals surface area contributed by atoms with Gasteiger partial charge in [0.15, 0.2) is 5.78 Å². The average Bonchev–Trinajstić information content (AvgIpc) is 3.31. The van der Waals surface area contributed by atoms with Crippen LogP contribution in [0.15, 0.2) is 77.6 Å². The second-order valence-electron chi connectivity index (χ2n) is 9.95. The van der Waals surface area contributed by atoms with Crippen molar-refractivity contribution in [2.75, 3.05) is 13.1 Å². The van der Waals surface area contributed by atoms with Crippen molar-refractivity contribution in [3.05, 3.63) is 111 Å². The van der Waals surface area contributed by atoms with Crippen molar-refractivity contribution in [2.45, 2.75) is 39.0 Å². The van der Waals surface area contributed by atoms with Crippen LogP contribution in [0.25, 0.3) is 16.9 Å². The van der Waals surface area contributed by atoms with E-state index in [1.54, 1.807) is 68.4 Å². The standard InChI is InChI=1S/C31H27F6N3O3/c1-3-4-14-39(28(42)21-15-22(30(32,33)34)17-23(16-21)31(35,36)37)18-25(41)26-27(20-11-6-5-7-12-20)38-40(29(26)43)24-13-9-8-10-19(24)2/h5-13,15-17,38H,3-4,14,18H2,1-2H3. The lowest BCUT2D eigenvalue weighted by Gasteiger charge is -2.23. The normalized spacial score (nSPS) is 11.9. The first-order chi connectivity index (χ1) is 20.2. The van der Waals surface area contributed by atoms with E-state index in [9.17, 15) is 40.7 Å². The Bertz CT molecular complexity index is 1660. The summed E-state index contributed by atoms with van der Waals surface area (Å²) in [7, 11) is 0. The highest BCUT2D eigenvalue weighted by Gasteiger charge is 2.38. The first-order valence-electron chi connectivity index (χ1n) is 13.3. The molecular formula is C31H27F6N3O3. The molecular weight excluding hydrogens is 576 g/mol. The lowest BCUT2D eigenvalue weighted by molar-refractivity contribution is -0.143. The molecule has 4 rings (SSSR count). The van der Waals surface area contributed by atoms with E-state index in [0.717, 1.165) is 4.90 Å². The zero-order chi connectivity index (χ0) is 31.5. The number of amides is 1. The predicted octanol–water partition coefficient (Wildman–Crippen LogP) is 7.30. The van der Waals surface area contributed by atoms with Crippen LogP contribution >= 0.6 is 0 Å². The summed E-state index contributed by atoms with van der Waals surface area (Å²) in [4.78, 5) is 41.7. The molecule has 0 saturated heterocycles. The molecule has 12 heteroatoms. The fourth-order valence-electron chi connectivity index (χ4n) is 4.61. The van der Waals surface area contributed by atoms with Gasteiger partial charge in [0.25, 0.3) is 11.5 Å². The van der Waals surface area contributed by atoms with Crippen molar-refractivity contribution in [3.8, 4) is 16.9 Å². The zero-order valence-electron chi connectivity index (χ0n) is 23.1. The molecule has 1 heterocycles. The van der Waals surface area contributed by atoms with Crippen LogP contribution in [0, 0.1) is 6.92 Å². The molecule has 0 fully saturated rings. The number of carbonyl (C=O) groups excluding carboxylic acids is 2. The van der Waals surface area contributed by atoms with Gasteiger partial charge in [-0.3, -0.25) is 19.5 Å². The van der Waals surface area contributed by atoms with Crippen LogP contribution in [-0.2, 0) is 12.4 Å². The summed E-state index contributed by atoms with van der Waals surface area (Å²) >= 11 is 0. The number of halogens is 6. The number of unbranched alkanes of at least 4 members (excludes halogenated alkanes) is 1. The minimum Gasteiger partial charge on any atom is -0.331 e. The van der Waals surface area contributed by atoms with Crippen LogP contribution in [0.1, 0.15) is 57.2 Å². The first kappa shape index (κ1) is 31.3.